The van der Waals surface area contributed by atoms with Gasteiger partial charge in [0.1, 0.15) is 18.3 Å². The summed E-state index contributed by atoms with van der Waals surface area (Å²) in [6, 6.07) is 12.1. The lowest BCUT2D eigenvalue weighted by atomic mass is 9.89. The van der Waals surface area contributed by atoms with Crippen molar-refractivity contribution < 1.29 is 24.1 Å². The van der Waals surface area contributed by atoms with E-state index in [-0.39, 0.29) is 6.73 Å². The number of fused-ring (bicyclic) bond motifs is 2. The number of hydrogen-bond acceptors (Lipinski definition) is 6. The summed E-state index contributed by atoms with van der Waals surface area (Å²) < 4.78 is 21.4. The van der Waals surface area contributed by atoms with Crippen molar-refractivity contribution in [2.75, 3.05) is 20.8 Å². The van der Waals surface area contributed by atoms with Crippen LogP contribution in [-0.2, 0) is 21.8 Å². The first-order valence-corrected chi connectivity index (χ1v) is 16.1. The number of rotatable bonds is 9. The van der Waals surface area contributed by atoms with Crippen molar-refractivity contribution in [2.24, 2.45) is 0 Å². The molecule has 0 fully saturated rings. The predicted molar refractivity (Wildman–Crippen MR) is 149 cm³/mol. The van der Waals surface area contributed by atoms with Crippen LogP contribution in [0.3, 0.4) is 0 Å². The second-order valence-electron chi connectivity index (χ2n) is 10.8. The predicted octanol–water partition coefficient (Wildman–Crippen LogP) is 5.93. The molecule has 38 heavy (non-hydrogen) atoms. The Bertz CT molecular complexity index is 1560. The molecule has 2 aromatic heterocycles. The van der Waals surface area contributed by atoms with E-state index < -0.39 is 19.8 Å². The fourth-order valence-corrected chi connectivity index (χ4v) is 5.61. The molecule has 0 aliphatic heterocycles. The van der Waals surface area contributed by atoms with Crippen LogP contribution in [0.1, 0.15) is 29.4 Å². The number of benzene rings is 2. The van der Waals surface area contributed by atoms with Crippen molar-refractivity contribution in [3.8, 4) is 11.8 Å². The highest BCUT2D eigenvalue weighted by Crippen LogP contribution is 2.44. The van der Waals surface area contributed by atoms with E-state index in [0.29, 0.717) is 45.7 Å². The number of aromatic nitrogens is 3. The zero-order valence-corrected chi connectivity index (χ0v) is 24.0. The van der Waals surface area contributed by atoms with Gasteiger partial charge in [0.2, 0.25) is 0 Å². The summed E-state index contributed by atoms with van der Waals surface area (Å²) in [6.07, 6.45) is 0.450. The van der Waals surface area contributed by atoms with Crippen LogP contribution in [0.2, 0.25) is 25.7 Å². The average molecular weight is 535 g/mol. The number of carbonyl (C=O) groups is 1. The second-order valence-corrected chi connectivity index (χ2v) is 16.4. The minimum atomic E-state index is -1.29. The highest BCUT2D eigenvalue weighted by molar-refractivity contribution is 6.76. The third-order valence-corrected chi connectivity index (χ3v) is 8.66. The second kappa shape index (κ2) is 10.2. The molecule has 10 heteroatoms. The minimum Gasteiger partial charge on any atom is -0.496 e. The molecule has 0 radical (unpaired) electrons. The SMILES string of the molecule is COc1cc(C)c2c(ccn2C(=O)O)c1C(C)(OC)c1nc2cc(C#N)ccc2n1COCC[Si](C)(C)C. The smallest absolute Gasteiger partial charge is 0.416 e. The van der Waals surface area contributed by atoms with Gasteiger partial charge in [0, 0.05) is 38.9 Å². The van der Waals surface area contributed by atoms with Crippen molar-refractivity contribution in [3.63, 3.8) is 0 Å². The molecule has 0 amide bonds. The van der Waals surface area contributed by atoms with E-state index in [1.54, 1.807) is 32.4 Å². The molecule has 1 atom stereocenters. The van der Waals surface area contributed by atoms with E-state index in [1.807, 2.05) is 30.5 Å². The van der Waals surface area contributed by atoms with Crippen LogP contribution >= 0.6 is 0 Å². The molecule has 0 saturated carbocycles. The van der Waals surface area contributed by atoms with Gasteiger partial charge in [-0.05, 0) is 55.8 Å². The zero-order valence-electron chi connectivity index (χ0n) is 23.0. The summed E-state index contributed by atoms with van der Waals surface area (Å²) in [5.41, 5.74) is 2.76. The van der Waals surface area contributed by atoms with Crippen LogP contribution in [0.25, 0.3) is 21.9 Å². The fourth-order valence-electron chi connectivity index (χ4n) is 4.85. The van der Waals surface area contributed by atoms with Gasteiger partial charge in [0.25, 0.3) is 0 Å². The number of imidazole rings is 1. The van der Waals surface area contributed by atoms with Crippen molar-refractivity contribution in [2.45, 2.75) is 51.9 Å². The maximum Gasteiger partial charge on any atom is 0.416 e. The number of carboxylic acid groups (broad SMARTS) is 1. The summed E-state index contributed by atoms with van der Waals surface area (Å²) in [6.45, 7) is 11.5. The summed E-state index contributed by atoms with van der Waals surface area (Å²) in [7, 11) is 1.88. The van der Waals surface area contributed by atoms with E-state index in [9.17, 15) is 15.2 Å². The highest BCUT2D eigenvalue weighted by atomic mass is 28.3. The molecular formula is C28H34N4O5Si. The molecule has 4 aromatic rings. The van der Waals surface area contributed by atoms with Crippen molar-refractivity contribution in [3.05, 3.63) is 59.0 Å². The van der Waals surface area contributed by atoms with Gasteiger partial charge in [0.15, 0.2) is 5.60 Å². The van der Waals surface area contributed by atoms with Gasteiger partial charge in [-0.15, -0.1) is 0 Å². The summed E-state index contributed by atoms with van der Waals surface area (Å²) in [4.78, 5) is 16.9. The van der Waals surface area contributed by atoms with Crippen molar-refractivity contribution >= 4 is 36.1 Å². The largest absolute Gasteiger partial charge is 0.496 e. The van der Waals surface area contributed by atoms with Gasteiger partial charge in [-0.2, -0.15) is 5.26 Å². The topological polar surface area (TPSA) is 112 Å². The normalized spacial score (nSPS) is 13.5. The molecule has 200 valence electrons. The molecule has 0 bridgehead atoms. The lowest BCUT2D eigenvalue weighted by Gasteiger charge is -2.31. The number of nitrogens with zero attached hydrogens (tertiary/aromatic N) is 4. The average Bonchev–Trinajstić information content (AvgIpc) is 3.48. The van der Waals surface area contributed by atoms with Crippen molar-refractivity contribution in [1.29, 1.82) is 5.26 Å². The van der Waals surface area contributed by atoms with E-state index in [4.69, 9.17) is 19.2 Å². The highest BCUT2D eigenvalue weighted by Gasteiger charge is 2.40. The molecule has 0 aliphatic rings. The number of hydrogen-bond donors (Lipinski definition) is 1. The standard InChI is InChI=1S/C28H34N4O5Si/c1-18-14-23(35-3)24(20-10-11-31(25(18)20)27(33)34)28(2,36-4)26-30-21-15-19(16-29)8-9-22(21)32(26)17-37-12-13-38(5,6)7/h8-11,14-15H,12-13,17H2,1-7H3,(H,33,34). The molecule has 4 rings (SSSR count). The van der Waals surface area contributed by atoms with Gasteiger partial charge in [-0.25, -0.2) is 9.78 Å². The first-order chi connectivity index (χ1) is 17.9. The van der Waals surface area contributed by atoms with Crippen LogP contribution in [0.4, 0.5) is 4.79 Å². The monoisotopic (exact) mass is 534 g/mol. The van der Waals surface area contributed by atoms with E-state index >= 15 is 0 Å². The lowest BCUT2D eigenvalue weighted by Crippen LogP contribution is -2.32. The zero-order chi connectivity index (χ0) is 27.8. The number of aryl methyl sites for hydroxylation is 1. The van der Waals surface area contributed by atoms with E-state index in [0.717, 1.165) is 17.1 Å². The Labute approximate surface area is 223 Å². The van der Waals surface area contributed by atoms with Gasteiger partial charge in [-0.1, -0.05) is 19.6 Å². The molecule has 2 heterocycles. The molecule has 0 aliphatic carbocycles. The molecule has 2 aromatic carbocycles. The Hall–Kier alpha value is -3.65. The molecule has 1 N–H and O–H groups in total. The minimum absolute atomic E-state index is 0.245. The van der Waals surface area contributed by atoms with E-state index in [2.05, 4.69) is 25.7 Å². The molecule has 1 unspecified atom stereocenters. The van der Waals surface area contributed by atoms with Crippen LogP contribution in [0, 0.1) is 18.3 Å². The van der Waals surface area contributed by atoms with Gasteiger partial charge >= 0.3 is 6.09 Å². The summed E-state index contributed by atoms with van der Waals surface area (Å²) in [5.74, 6) is 1.11. The Balaban J connectivity index is 1.97. The van der Waals surface area contributed by atoms with Gasteiger partial charge in [0.05, 0.1) is 35.3 Å². The first kappa shape index (κ1) is 27.4. The quantitative estimate of drug-likeness (QED) is 0.209. The molecule has 0 spiro atoms. The number of methoxy groups -OCH3 is 2. The van der Waals surface area contributed by atoms with Crippen LogP contribution in [-0.4, -0.2) is 54.2 Å². The first-order valence-electron chi connectivity index (χ1n) is 12.4. The maximum absolute atomic E-state index is 12.0. The Morgan fingerprint density at radius 1 is 1.21 bits per heavy atom. The maximum atomic E-state index is 12.0. The number of nitriles is 1. The molecule has 0 saturated heterocycles. The third-order valence-electron chi connectivity index (χ3n) is 6.96. The van der Waals surface area contributed by atoms with Crippen LogP contribution in [0.5, 0.6) is 5.75 Å². The van der Waals surface area contributed by atoms with Crippen LogP contribution in [0.15, 0.2) is 36.5 Å². The lowest BCUT2D eigenvalue weighted by molar-refractivity contribution is 0.0172. The molecule has 9 nitrogen and oxygen atoms in total. The molecular weight excluding hydrogens is 500 g/mol. The fraction of sp³-hybridized carbons (Fsp3) is 0.393. The Morgan fingerprint density at radius 3 is 2.55 bits per heavy atom. The van der Waals surface area contributed by atoms with Crippen LogP contribution < -0.4 is 4.74 Å². The summed E-state index contributed by atoms with van der Waals surface area (Å²) in [5, 5.41) is 20.0. The van der Waals surface area contributed by atoms with E-state index in [1.165, 1.54) is 10.8 Å². The number of ether oxygens (including phenoxy) is 3. The third kappa shape index (κ3) is 4.80. The van der Waals surface area contributed by atoms with Crippen molar-refractivity contribution in [1.82, 2.24) is 14.1 Å². The van der Waals surface area contributed by atoms with Gasteiger partial charge < -0.3 is 23.9 Å². The summed E-state index contributed by atoms with van der Waals surface area (Å²) >= 11 is 0. The Morgan fingerprint density at radius 2 is 1.95 bits per heavy atom. The van der Waals surface area contributed by atoms with Gasteiger partial charge in [-0.3, -0.25) is 4.57 Å². The Kier molecular flexibility index (Phi) is 7.39.